The van der Waals surface area contributed by atoms with Crippen molar-refractivity contribution in [2.24, 2.45) is 5.92 Å². The molecule has 0 aromatic heterocycles. The lowest BCUT2D eigenvalue weighted by molar-refractivity contribution is 0.290. The predicted octanol–water partition coefficient (Wildman–Crippen LogP) is 5.22. The highest BCUT2D eigenvalue weighted by molar-refractivity contribution is 9.10. The third-order valence-electron chi connectivity index (χ3n) is 4.65. The van der Waals surface area contributed by atoms with Crippen LogP contribution in [0.15, 0.2) is 16.6 Å². The van der Waals surface area contributed by atoms with Gasteiger partial charge in [0.25, 0.3) is 0 Å². The van der Waals surface area contributed by atoms with Crippen molar-refractivity contribution in [3.63, 3.8) is 0 Å². The van der Waals surface area contributed by atoms with E-state index >= 15 is 0 Å². The highest BCUT2D eigenvalue weighted by atomic mass is 79.9. The number of halogens is 3. The number of hydrogen-bond donors (Lipinski definition) is 1. The van der Waals surface area contributed by atoms with Crippen molar-refractivity contribution < 1.29 is 8.78 Å². The zero-order valence-corrected chi connectivity index (χ0v) is 14.2. The van der Waals surface area contributed by atoms with E-state index in [1.807, 2.05) is 7.05 Å². The van der Waals surface area contributed by atoms with Crippen molar-refractivity contribution in [2.75, 3.05) is 7.05 Å². The highest BCUT2D eigenvalue weighted by Crippen LogP contribution is 2.29. The number of rotatable bonds is 4. The summed E-state index contributed by atoms with van der Waals surface area (Å²) in [6.45, 7) is 0. The summed E-state index contributed by atoms with van der Waals surface area (Å²) in [5.41, 5.74) is 0.200. The van der Waals surface area contributed by atoms with E-state index in [9.17, 15) is 8.78 Å². The molecule has 4 heteroatoms. The molecule has 1 fully saturated rings. The summed E-state index contributed by atoms with van der Waals surface area (Å²) in [5.74, 6) is -0.393. The Hall–Kier alpha value is -0.480. The predicted molar refractivity (Wildman–Crippen MR) is 86.4 cm³/mol. The maximum Gasteiger partial charge on any atom is 0.143 e. The van der Waals surface area contributed by atoms with Gasteiger partial charge in [0, 0.05) is 11.6 Å². The lowest BCUT2D eigenvalue weighted by atomic mass is 9.83. The smallest absolute Gasteiger partial charge is 0.143 e. The van der Waals surface area contributed by atoms with Crippen molar-refractivity contribution in [3.8, 4) is 0 Å². The Kier molecular flexibility index (Phi) is 6.62. The van der Waals surface area contributed by atoms with E-state index in [2.05, 4.69) is 21.2 Å². The topological polar surface area (TPSA) is 12.0 Å². The molecule has 0 aliphatic heterocycles. The lowest BCUT2D eigenvalue weighted by Crippen LogP contribution is -2.36. The minimum absolute atomic E-state index is 0.140. The van der Waals surface area contributed by atoms with Gasteiger partial charge < -0.3 is 5.32 Å². The van der Waals surface area contributed by atoms with Crippen LogP contribution in [0.1, 0.15) is 50.5 Å². The largest absolute Gasteiger partial charge is 0.316 e. The molecule has 1 aliphatic carbocycles. The molecule has 0 bridgehead atoms. The Labute approximate surface area is 134 Å². The first-order valence-corrected chi connectivity index (χ1v) is 8.72. The lowest BCUT2D eigenvalue weighted by Gasteiger charge is -2.29. The third kappa shape index (κ3) is 4.49. The van der Waals surface area contributed by atoms with E-state index in [1.165, 1.54) is 44.2 Å². The van der Waals surface area contributed by atoms with E-state index in [-0.39, 0.29) is 11.6 Å². The van der Waals surface area contributed by atoms with Crippen molar-refractivity contribution in [2.45, 2.75) is 57.4 Å². The molecule has 1 aromatic carbocycles. The molecule has 1 unspecified atom stereocenters. The second-order valence-corrected chi connectivity index (χ2v) is 6.88. The standard InChI is InChI=1S/C17H24BrF2N/c1-21-16(12-7-5-3-2-4-6-8-12)11-13-15(19)10-9-14(18)17(13)20/h9-10,12,16,21H,2-8,11H2,1H3. The number of benzene rings is 1. The molecular formula is C17H24BrF2N. The van der Waals surface area contributed by atoms with Crippen molar-refractivity contribution >= 4 is 15.9 Å². The van der Waals surface area contributed by atoms with Gasteiger partial charge in [-0.15, -0.1) is 0 Å². The summed E-state index contributed by atoms with van der Waals surface area (Å²) in [6, 6.07) is 2.91. The van der Waals surface area contributed by atoms with E-state index in [0.717, 1.165) is 12.8 Å². The third-order valence-corrected chi connectivity index (χ3v) is 5.27. The number of nitrogens with one attached hydrogen (secondary N) is 1. The van der Waals surface area contributed by atoms with Gasteiger partial charge in [-0.2, -0.15) is 0 Å². The van der Waals surface area contributed by atoms with Gasteiger partial charge in [0.15, 0.2) is 0 Å². The van der Waals surface area contributed by atoms with E-state index in [0.29, 0.717) is 16.8 Å². The minimum atomic E-state index is -0.457. The Morgan fingerprint density at radius 1 is 1.14 bits per heavy atom. The van der Waals surface area contributed by atoms with Gasteiger partial charge in [-0.25, -0.2) is 8.78 Å². The normalized spacial score (nSPS) is 19.0. The SMILES string of the molecule is CNC(Cc1c(F)ccc(Br)c1F)C1CCCCCCC1. The average molecular weight is 360 g/mol. The number of hydrogen-bond acceptors (Lipinski definition) is 1. The van der Waals surface area contributed by atoms with E-state index in [4.69, 9.17) is 0 Å². The molecular weight excluding hydrogens is 336 g/mol. The first-order valence-electron chi connectivity index (χ1n) is 7.93. The van der Waals surface area contributed by atoms with Gasteiger partial charge in [0.1, 0.15) is 11.6 Å². The van der Waals surface area contributed by atoms with Crippen LogP contribution in [0.3, 0.4) is 0 Å². The van der Waals surface area contributed by atoms with Crippen molar-refractivity contribution in [1.82, 2.24) is 5.32 Å². The van der Waals surface area contributed by atoms with E-state index in [1.54, 1.807) is 0 Å². The molecule has 0 spiro atoms. The highest BCUT2D eigenvalue weighted by Gasteiger charge is 2.24. The van der Waals surface area contributed by atoms with Crippen LogP contribution < -0.4 is 5.32 Å². The Morgan fingerprint density at radius 2 is 1.76 bits per heavy atom. The molecule has 1 atom stereocenters. The molecule has 0 heterocycles. The van der Waals surface area contributed by atoms with Gasteiger partial charge in [-0.3, -0.25) is 0 Å². The molecule has 21 heavy (non-hydrogen) atoms. The Bertz CT molecular complexity index is 456. The summed E-state index contributed by atoms with van der Waals surface area (Å²) in [7, 11) is 1.90. The molecule has 0 amide bonds. The minimum Gasteiger partial charge on any atom is -0.316 e. The Balaban J connectivity index is 2.12. The molecule has 1 N–H and O–H groups in total. The summed E-state index contributed by atoms with van der Waals surface area (Å²) in [6.07, 6.45) is 9.08. The van der Waals surface area contributed by atoms with E-state index < -0.39 is 11.6 Å². The van der Waals surface area contributed by atoms with Crippen molar-refractivity contribution in [3.05, 3.63) is 33.8 Å². The maximum absolute atomic E-state index is 14.2. The van der Waals surface area contributed by atoms with Crippen LogP contribution in [0.4, 0.5) is 8.78 Å². The number of likely N-dealkylation sites (N-methyl/N-ethyl adjacent to an activating group) is 1. The van der Waals surface area contributed by atoms with Crippen LogP contribution in [0.25, 0.3) is 0 Å². The van der Waals surface area contributed by atoms with Gasteiger partial charge >= 0.3 is 0 Å². The molecule has 1 aliphatic rings. The maximum atomic E-state index is 14.2. The van der Waals surface area contributed by atoms with Crippen molar-refractivity contribution in [1.29, 1.82) is 0 Å². The van der Waals surface area contributed by atoms with Gasteiger partial charge in [-0.05, 0) is 60.3 Å². The zero-order valence-electron chi connectivity index (χ0n) is 12.6. The summed E-state index contributed by atoms with van der Waals surface area (Å²) < 4.78 is 28.4. The average Bonchev–Trinajstić information content (AvgIpc) is 2.44. The molecule has 0 saturated heterocycles. The van der Waals surface area contributed by atoms with Gasteiger partial charge in [-0.1, -0.05) is 32.1 Å². The Morgan fingerprint density at radius 3 is 2.38 bits per heavy atom. The molecule has 0 radical (unpaired) electrons. The fourth-order valence-electron chi connectivity index (χ4n) is 3.37. The quantitative estimate of drug-likeness (QED) is 0.726. The molecule has 2 rings (SSSR count). The fourth-order valence-corrected chi connectivity index (χ4v) is 3.74. The second kappa shape index (κ2) is 8.23. The fraction of sp³-hybridized carbons (Fsp3) is 0.647. The van der Waals surface area contributed by atoms with Crippen LogP contribution in [0.2, 0.25) is 0 Å². The second-order valence-electron chi connectivity index (χ2n) is 6.03. The van der Waals surface area contributed by atoms with Crippen LogP contribution in [0.5, 0.6) is 0 Å². The van der Waals surface area contributed by atoms with Crippen LogP contribution >= 0.6 is 15.9 Å². The monoisotopic (exact) mass is 359 g/mol. The zero-order chi connectivity index (χ0) is 15.2. The summed E-state index contributed by atoms with van der Waals surface area (Å²) in [5, 5.41) is 3.29. The van der Waals surface area contributed by atoms with Crippen LogP contribution in [0, 0.1) is 17.6 Å². The molecule has 1 saturated carbocycles. The van der Waals surface area contributed by atoms with Gasteiger partial charge in [0.2, 0.25) is 0 Å². The summed E-state index contributed by atoms with van der Waals surface area (Å²) in [4.78, 5) is 0. The summed E-state index contributed by atoms with van der Waals surface area (Å²) >= 11 is 3.15. The molecule has 118 valence electrons. The van der Waals surface area contributed by atoms with Crippen LogP contribution in [-0.4, -0.2) is 13.1 Å². The van der Waals surface area contributed by atoms with Crippen LogP contribution in [-0.2, 0) is 6.42 Å². The first kappa shape index (κ1) is 16.9. The molecule has 1 nitrogen and oxygen atoms in total. The molecule has 1 aromatic rings. The first-order chi connectivity index (χ1) is 10.1. The van der Waals surface area contributed by atoms with Gasteiger partial charge in [0.05, 0.1) is 4.47 Å².